The molecule has 0 saturated carbocycles. The highest BCUT2D eigenvalue weighted by Gasteiger charge is 2.21. The van der Waals surface area contributed by atoms with Gasteiger partial charge in [-0.2, -0.15) is 0 Å². The Morgan fingerprint density at radius 3 is 2.58 bits per heavy atom. The minimum absolute atomic E-state index is 0.275. The molecular formula is C25H27N3O3. The molecule has 2 N–H and O–H groups in total. The first kappa shape index (κ1) is 22.0. The number of pyridine rings is 1. The summed E-state index contributed by atoms with van der Waals surface area (Å²) in [7, 11) is 0. The van der Waals surface area contributed by atoms with E-state index < -0.39 is 6.10 Å². The number of amides is 2. The second-order valence-electron chi connectivity index (χ2n) is 7.29. The minimum atomic E-state index is -0.674. The summed E-state index contributed by atoms with van der Waals surface area (Å²) in [6.07, 6.45) is 3.20. The third-order valence-electron chi connectivity index (χ3n) is 5.09. The largest absolute Gasteiger partial charge is 0.480 e. The smallest absolute Gasteiger partial charge is 0.265 e. The van der Waals surface area contributed by atoms with Crippen LogP contribution in [0.3, 0.4) is 0 Å². The molecule has 0 unspecified atom stereocenters. The van der Waals surface area contributed by atoms with Crippen molar-refractivity contribution in [2.24, 2.45) is 0 Å². The number of nitrogens with zero attached hydrogens (tertiary/aromatic N) is 1. The summed E-state index contributed by atoms with van der Waals surface area (Å²) in [5.74, 6) is 0.115. The Bertz CT molecular complexity index is 1050. The molecule has 0 bridgehead atoms. The fourth-order valence-electron chi connectivity index (χ4n) is 3.11. The third-order valence-corrected chi connectivity index (χ3v) is 5.09. The van der Waals surface area contributed by atoms with Crippen molar-refractivity contribution < 1.29 is 14.3 Å². The molecule has 0 aliphatic carbocycles. The predicted octanol–water partition coefficient (Wildman–Crippen LogP) is 4.42. The number of aryl methyl sites for hydroxylation is 1. The average molecular weight is 418 g/mol. The van der Waals surface area contributed by atoms with Gasteiger partial charge in [0.1, 0.15) is 5.75 Å². The first-order valence-electron chi connectivity index (χ1n) is 10.3. The Morgan fingerprint density at radius 1 is 1.03 bits per heavy atom. The molecule has 0 aliphatic heterocycles. The Balaban J connectivity index is 1.70. The van der Waals surface area contributed by atoms with Gasteiger partial charge in [0.05, 0.1) is 11.3 Å². The number of benzene rings is 2. The number of para-hydroxylation sites is 1. The summed E-state index contributed by atoms with van der Waals surface area (Å²) >= 11 is 0. The number of carbonyl (C=O) groups is 2. The zero-order valence-electron chi connectivity index (χ0n) is 18.0. The SMILES string of the molecule is CC[C@H](Oc1cccc(C)c1C)C(=O)Nc1ccccc1C(=O)NCc1cccnc1. The van der Waals surface area contributed by atoms with Crippen LogP contribution in [0, 0.1) is 13.8 Å². The van der Waals surface area contributed by atoms with E-state index in [-0.39, 0.29) is 11.8 Å². The molecule has 160 valence electrons. The molecule has 6 heteroatoms. The summed E-state index contributed by atoms with van der Waals surface area (Å²) in [5.41, 5.74) is 3.83. The first-order valence-corrected chi connectivity index (χ1v) is 10.3. The van der Waals surface area contributed by atoms with E-state index in [4.69, 9.17) is 4.74 Å². The molecule has 0 radical (unpaired) electrons. The van der Waals surface area contributed by atoms with Crippen molar-refractivity contribution in [2.75, 3.05) is 5.32 Å². The van der Waals surface area contributed by atoms with Gasteiger partial charge < -0.3 is 15.4 Å². The van der Waals surface area contributed by atoms with Crippen LogP contribution in [0.1, 0.15) is 40.4 Å². The second-order valence-corrected chi connectivity index (χ2v) is 7.29. The number of rotatable bonds is 8. The lowest BCUT2D eigenvalue weighted by Gasteiger charge is -2.20. The van der Waals surface area contributed by atoms with Crippen molar-refractivity contribution in [3.8, 4) is 5.75 Å². The zero-order valence-corrected chi connectivity index (χ0v) is 18.0. The Morgan fingerprint density at radius 2 is 1.84 bits per heavy atom. The molecule has 31 heavy (non-hydrogen) atoms. The molecule has 0 fully saturated rings. The maximum atomic E-state index is 12.9. The Hall–Kier alpha value is -3.67. The van der Waals surface area contributed by atoms with Crippen molar-refractivity contribution in [1.82, 2.24) is 10.3 Å². The molecule has 0 saturated heterocycles. The van der Waals surface area contributed by atoms with Gasteiger partial charge in [0.25, 0.3) is 11.8 Å². The Labute approximate surface area is 182 Å². The van der Waals surface area contributed by atoms with E-state index in [1.165, 1.54) is 0 Å². The van der Waals surface area contributed by atoms with E-state index in [0.29, 0.717) is 30.0 Å². The van der Waals surface area contributed by atoms with Gasteiger partial charge in [-0.05, 0) is 61.2 Å². The summed E-state index contributed by atoms with van der Waals surface area (Å²) in [6.45, 7) is 6.21. The summed E-state index contributed by atoms with van der Waals surface area (Å²) in [6, 6.07) is 16.4. The van der Waals surface area contributed by atoms with Crippen LogP contribution in [0.4, 0.5) is 5.69 Å². The number of hydrogen-bond donors (Lipinski definition) is 2. The highest BCUT2D eigenvalue weighted by Crippen LogP contribution is 2.23. The minimum Gasteiger partial charge on any atom is -0.480 e. The van der Waals surface area contributed by atoms with Gasteiger partial charge in [-0.25, -0.2) is 0 Å². The standard InChI is InChI=1S/C25H27N3O3/c1-4-22(31-23-13-7-9-17(2)18(23)3)25(30)28-21-12-6-5-11-20(21)24(29)27-16-19-10-8-14-26-15-19/h5-15,22H,4,16H2,1-3H3,(H,27,29)(H,28,30)/t22-/m0/s1. The topological polar surface area (TPSA) is 80.3 Å². The van der Waals surface area contributed by atoms with Crippen molar-refractivity contribution in [3.05, 3.63) is 89.2 Å². The number of carbonyl (C=O) groups excluding carboxylic acids is 2. The Kier molecular flexibility index (Phi) is 7.38. The molecule has 2 aromatic carbocycles. The molecule has 0 spiro atoms. The van der Waals surface area contributed by atoms with Gasteiger partial charge in [-0.3, -0.25) is 14.6 Å². The van der Waals surface area contributed by atoms with Gasteiger partial charge >= 0.3 is 0 Å². The van der Waals surface area contributed by atoms with Gasteiger partial charge in [-0.1, -0.05) is 37.3 Å². The zero-order chi connectivity index (χ0) is 22.2. The maximum Gasteiger partial charge on any atom is 0.265 e. The van der Waals surface area contributed by atoms with Crippen LogP contribution in [-0.4, -0.2) is 22.9 Å². The molecular weight excluding hydrogens is 390 g/mol. The lowest BCUT2D eigenvalue weighted by molar-refractivity contribution is -0.122. The highest BCUT2D eigenvalue weighted by atomic mass is 16.5. The van der Waals surface area contributed by atoms with Crippen LogP contribution in [0.5, 0.6) is 5.75 Å². The summed E-state index contributed by atoms with van der Waals surface area (Å²) < 4.78 is 6.00. The lowest BCUT2D eigenvalue weighted by Crippen LogP contribution is -2.33. The molecule has 1 aromatic heterocycles. The average Bonchev–Trinajstić information content (AvgIpc) is 2.79. The van der Waals surface area contributed by atoms with Crippen LogP contribution in [0.15, 0.2) is 67.0 Å². The third kappa shape index (κ3) is 5.69. The van der Waals surface area contributed by atoms with Crippen LogP contribution in [-0.2, 0) is 11.3 Å². The van der Waals surface area contributed by atoms with Crippen LogP contribution in [0.2, 0.25) is 0 Å². The maximum absolute atomic E-state index is 12.9. The normalized spacial score (nSPS) is 11.5. The predicted molar refractivity (Wildman–Crippen MR) is 121 cm³/mol. The van der Waals surface area contributed by atoms with Crippen molar-refractivity contribution in [3.63, 3.8) is 0 Å². The molecule has 1 atom stereocenters. The monoisotopic (exact) mass is 417 g/mol. The van der Waals surface area contributed by atoms with Crippen LogP contribution in [0.25, 0.3) is 0 Å². The van der Waals surface area contributed by atoms with Crippen LogP contribution < -0.4 is 15.4 Å². The quantitative estimate of drug-likeness (QED) is 0.568. The van der Waals surface area contributed by atoms with Gasteiger partial charge in [-0.15, -0.1) is 0 Å². The summed E-state index contributed by atoms with van der Waals surface area (Å²) in [4.78, 5) is 29.7. The number of ether oxygens (including phenoxy) is 1. The lowest BCUT2D eigenvalue weighted by atomic mass is 10.1. The molecule has 1 heterocycles. The fraction of sp³-hybridized carbons (Fsp3) is 0.240. The van der Waals surface area contributed by atoms with Crippen molar-refractivity contribution >= 4 is 17.5 Å². The first-order chi connectivity index (χ1) is 15.0. The molecule has 0 aliphatic rings. The van der Waals surface area contributed by atoms with E-state index in [9.17, 15) is 9.59 Å². The molecule has 2 amide bonds. The number of nitrogens with one attached hydrogen (secondary N) is 2. The van der Waals surface area contributed by atoms with E-state index in [0.717, 1.165) is 16.7 Å². The van der Waals surface area contributed by atoms with Crippen molar-refractivity contribution in [2.45, 2.75) is 39.8 Å². The number of aromatic nitrogens is 1. The number of hydrogen-bond acceptors (Lipinski definition) is 4. The van der Waals surface area contributed by atoms with Gasteiger partial charge in [0.15, 0.2) is 6.10 Å². The van der Waals surface area contributed by atoms with Gasteiger partial charge in [0.2, 0.25) is 0 Å². The molecule has 3 aromatic rings. The summed E-state index contributed by atoms with van der Waals surface area (Å²) in [5, 5.41) is 5.72. The molecule has 6 nitrogen and oxygen atoms in total. The van der Waals surface area contributed by atoms with E-state index in [1.54, 1.807) is 36.7 Å². The van der Waals surface area contributed by atoms with Crippen molar-refractivity contribution in [1.29, 1.82) is 0 Å². The van der Waals surface area contributed by atoms with E-state index in [2.05, 4.69) is 15.6 Å². The molecule has 3 rings (SSSR count). The van der Waals surface area contributed by atoms with Crippen LogP contribution >= 0.6 is 0 Å². The second kappa shape index (κ2) is 10.4. The fourth-order valence-corrected chi connectivity index (χ4v) is 3.11. The highest BCUT2D eigenvalue weighted by molar-refractivity contribution is 6.04. The van der Waals surface area contributed by atoms with Gasteiger partial charge in [0, 0.05) is 18.9 Å². The van der Waals surface area contributed by atoms with E-state index in [1.807, 2.05) is 51.1 Å². The number of anilines is 1. The van der Waals surface area contributed by atoms with E-state index >= 15 is 0 Å².